The molecule has 1 aliphatic carbocycles. The fraction of sp³-hybridized carbons (Fsp3) is 0.455. The first-order chi connectivity index (χ1) is 7.50. The molecule has 1 aromatic heterocycles. The number of rotatable bonds is 3. The van der Waals surface area contributed by atoms with Gasteiger partial charge in [0.1, 0.15) is 5.69 Å². The SMILES string of the molecule is Cc1[nH]c(C(=O)O)c(C)c1C(=O)NC1CC1. The fourth-order valence-corrected chi connectivity index (χ4v) is 1.79. The zero-order valence-corrected chi connectivity index (χ0v) is 9.26. The van der Waals surface area contributed by atoms with Crippen LogP contribution in [0.2, 0.25) is 0 Å². The highest BCUT2D eigenvalue weighted by Gasteiger charge is 2.27. The van der Waals surface area contributed by atoms with Gasteiger partial charge in [0, 0.05) is 11.7 Å². The Balaban J connectivity index is 2.31. The molecule has 2 rings (SSSR count). The number of carbonyl (C=O) groups excluding carboxylic acids is 1. The van der Waals surface area contributed by atoms with Crippen LogP contribution in [-0.2, 0) is 0 Å². The molecule has 3 N–H and O–H groups in total. The summed E-state index contributed by atoms with van der Waals surface area (Å²) in [6.07, 6.45) is 2.03. The van der Waals surface area contributed by atoms with Gasteiger partial charge in [-0.3, -0.25) is 4.79 Å². The average Bonchev–Trinajstić information content (AvgIpc) is 2.92. The normalized spacial score (nSPS) is 14.9. The molecule has 5 nitrogen and oxygen atoms in total. The van der Waals surface area contributed by atoms with E-state index in [0.717, 1.165) is 12.8 Å². The summed E-state index contributed by atoms with van der Waals surface area (Å²) in [6.45, 7) is 3.36. The Kier molecular flexibility index (Phi) is 2.46. The van der Waals surface area contributed by atoms with Gasteiger partial charge in [-0.25, -0.2) is 4.79 Å². The Hall–Kier alpha value is -1.78. The summed E-state index contributed by atoms with van der Waals surface area (Å²) >= 11 is 0. The molecular formula is C11H14N2O3. The van der Waals surface area contributed by atoms with Crippen molar-refractivity contribution in [2.45, 2.75) is 32.7 Å². The quantitative estimate of drug-likeness (QED) is 0.719. The third-order valence-corrected chi connectivity index (χ3v) is 2.79. The van der Waals surface area contributed by atoms with Gasteiger partial charge in [0.25, 0.3) is 5.91 Å². The number of hydrogen-bond donors (Lipinski definition) is 3. The predicted molar refractivity (Wildman–Crippen MR) is 57.7 cm³/mol. The van der Waals surface area contributed by atoms with E-state index >= 15 is 0 Å². The van der Waals surface area contributed by atoms with Gasteiger partial charge in [-0.2, -0.15) is 0 Å². The largest absolute Gasteiger partial charge is 0.477 e. The van der Waals surface area contributed by atoms with Gasteiger partial charge in [-0.1, -0.05) is 0 Å². The molecule has 0 spiro atoms. The average molecular weight is 222 g/mol. The van der Waals surface area contributed by atoms with E-state index < -0.39 is 5.97 Å². The van der Waals surface area contributed by atoms with Crippen molar-refractivity contribution in [1.82, 2.24) is 10.3 Å². The Morgan fingerprint density at radius 2 is 2.00 bits per heavy atom. The third-order valence-electron chi connectivity index (χ3n) is 2.79. The molecule has 1 heterocycles. The predicted octanol–water partition coefficient (Wildman–Crippen LogP) is 1.22. The summed E-state index contributed by atoms with van der Waals surface area (Å²) in [6, 6.07) is 0.273. The van der Waals surface area contributed by atoms with Gasteiger partial charge in [0.05, 0.1) is 5.56 Å². The molecule has 1 saturated carbocycles. The Bertz CT molecular complexity index is 458. The maximum Gasteiger partial charge on any atom is 0.352 e. The van der Waals surface area contributed by atoms with Gasteiger partial charge in [-0.05, 0) is 32.3 Å². The van der Waals surface area contributed by atoms with Crippen LogP contribution >= 0.6 is 0 Å². The van der Waals surface area contributed by atoms with Crippen LogP contribution in [0.4, 0.5) is 0 Å². The second-order valence-electron chi connectivity index (χ2n) is 4.18. The number of aromatic carboxylic acids is 1. The standard InChI is InChI=1S/C11H14N2O3/c1-5-8(10(14)13-7-3-4-7)6(2)12-9(5)11(15)16/h7,12H,3-4H2,1-2H3,(H,13,14)(H,15,16). The topological polar surface area (TPSA) is 82.2 Å². The fourth-order valence-electron chi connectivity index (χ4n) is 1.79. The van der Waals surface area contributed by atoms with Crippen LogP contribution in [0.5, 0.6) is 0 Å². The molecule has 0 bridgehead atoms. The summed E-state index contributed by atoms with van der Waals surface area (Å²) < 4.78 is 0. The number of amides is 1. The first-order valence-corrected chi connectivity index (χ1v) is 5.24. The summed E-state index contributed by atoms with van der Waals surface area (Å²) in [5.74, 6) is -1.22. The molecular weight excluding hydrogens is 208 g/mol. The number of carboxylic acid groups (broad SMARTS) is 1. The zero-order chi connectivity index (χ0) is 11.9. The van der Waals surface area contributed by atoms with Crippen molar-refractivity contribution in [2.24, 2.45) is 0 Å². The first-order valence-electron chi connectivity index (χ1n) is 5.24. The minimum Gasteiger partial charge on any atom is -0.477 e. The van der Waals surface area contributed by atoms with Crippen LogP contribution in [0, 0.1) is 13.8 Å². The Morgan fingerprint density at radius 1 is 1.38 bits per heavy atom. The molecule has 5 heteroatoms. The van der Waals surface area contributed by atoms with Gasteiger partial charge in [0.2, 0.25) is 0 Å². The second kappa shape index (κ2) is 3.66. The number of carboxylic acids is 1. The molecule has 86 valence electrons. The lowest BCUT2D eigenvalue weighted by Crippen LogP contribution is -2.26. The lowest BCUT2D eigenvalue weighted by Gasteiger charge is -2.03. The monoisotopic (exact) mass is 222 g/mol. The lowest BCUT2D eigenvalue weighted by atomic mass is 10.1. The van der Waals surface area contributed by atoms with E-state index in [2.05, 4.69) is 10.3 Å². The molecule has 0 saturated heterocycles. The van der Waals surface area contributed by atoms with Crippen LogP contribution in [0.15, 0.2) is 0 Å². The Labute approximate surface area is 92.9 Å². The van der Waals surface area contributed by atoms with Crippen LogP contribution in [0.3, 0.4) is 0 Å². The summed E-state index contributed by atoms with van der Waals surface area (Å²) in [5, 5.41) is 11.8. The number of carbonyl (C=O) groups is 2. The minimum atomic E-state index is -1.04. The third kappa shape index (κ3) is 1.80. The van der Waals surface area contributed by atoms with Crippen LogP contribution in [0.1, 0.15) is 44.9 Å². The highest BCUT2D eigenvalue weighted by Crippen LogP contribution is 2.22. The molecule has 1 amide bonds. The lowest BCUT2D eigenvalue weighted by molar-refractivity contribution is 0.0690. The Morgan fingerprint density at radius 3 is 2.44 bits per heavy atom. The molecule has 16 heavy (non-hydrogen) atoms. The number of hydrogen-bond acceptors (Lipinski definition) is 2. The molecule has 0 radical (unpaired) electrons. The van der Waals surface area contributed by atoms with Crippen molar-refractivity contribution < 1.29 is 14.7 Å². The van der Waals surface area contributed by atoms with Crippen LogP contribution in [-0.4, -0.2) is 28.0 Å². The number of aromatic nitrogens is 1. The van der Waals surface area contributed by atoms with E-state index in [9.17, 15) is 9.59 Å². The maximum atomic E-state index is 11.8. The summed E-state index contributed by atoms with van der Waals surface area (Å²) in [7, 11) is 0. The van der Waals surface area contributed by atoms with Crippen molar-refractivity contribution in [3.05, 3.63) is 22.5 Å². The van der Waals surface area contributed by atoms with E-state index in [1.807, 2.05) is 0 Å². The van der Waals surface area contributed by atoms with Gasteiger partial charge in [0.15, 0.2) is 0 Å². The minimum absolute atomic E-state index is 0.0958. The number of H-pyrrole nitrogens is 1. The number of aromatic amines is 1. The smallest absolute Gasteiger partial charge is 0.352 e. The van der Waals surface area contributed by atoms with Crippen molar-refractivity contribution in [1.29, 1.82) is 0 Å². The van der Waals surface area contributed by atoms with Crippen molar-refractivity contribution in [2.75, 3.05) is 0 Å². The van der Waals surface area contributed by atoms with E-state index in [4.69, 9.17) is 5.11 Å². The van der Waals surface area contributed by atoms with E-state index in [1.54, 1.807) is 13.8 Å². The van der Waals surface area contributed by atoms with Gasteiger partial charge >= 0.3 is 5.97 Å². The van der Waals surface area contributed by atoms with Crippen LogP contribution < -0.4 is 5.32 Å². The summed E-state index contributed by atoms with van der Waals surface area (Å²) in [5.41, 5.74) is 1.67. The zero-order valence-electron chi connectivity index (χ0n) is 9.26. The summed E-state index contributed by atoms with van der Waals surface area (Å²) in [4.78, 5) is 25.5. The van der Waals surface area contributed by atoms with Gasteiger partial charge < -0.3 is 15.4 Å². The van der Waals surface area contributed by atoms with Crippen LogP contribution in [0.25, 0.3) is 0 Å². The van der Waals surface area contributed by atoms with E-state index in [-0.39, 0.29) is 17.6 Å². The van der Waals surface area contributed by atoms with Crippen molar-refractivity contribution in [3.63, 3.8) is 0 Å². The second-order valence-corrected chi connectivity index (χ2v) is 4.18. The molecule has 0 atom stereocenters. The van der Waals surface area contributed by atoms with Crippen molar-refractivity contribution in [3.8, 4) is 0 Å². The number of aryl methyl sites for hydroxylation is 1. The molecule has 0 unspecified atom stereocenters. The molecule has 1 aromatic rings. The highest BCUT2D eigenvalue weighted by molar-refractivity contribution is 6.01. The van der Waals surface area contributed by atoms with E-state index in [1.165, 1.54) is 0 Å². The molecule has 1 fully saturated rings. The van der Waals surface area contributed by atoms with Crippen molar-refractivity contribution >= 4 is 11.9 Å². The molecule has 0 aromatic carbocycles. The number of nitrogens with one attached hydrogen (secondary N) is 2. The highest BCUT2D eigenvalue weighted by atomic mass is 16.4. The van der Waals surface area contributed by atoms with E-state index in [0.29, 0.717) is 16.8 Å². The first kappa shape index (κ1) is 10.7. The molecule has 1 aliphatic rings. The van der Waals surface area contributed by atoms with Gasteiger partial charge in [-0.15, -0.1) is 0 Å². The maximum absolute atomic E-state index is 11.8. The molecule has 0 aliphatic heterocycles.